The van der Waals surface area contributed by atoms with Crippen LogP contribution < -0.4 is 0 Å². The van der Waals surface area contributed by atoms with Crippen molar-refractivity contribution in [3.63, 3.8) is 0 Å². The fraction of sp³-hybridized carbons (Fsp3) is 0.474. The largest absolute Gasteiger partial charge is 0.431 e. The van der Waals surface area contributed by atoms with Gasteiger partial charge >= 0.3 is 0 Å². The third kappa shape index (κ3) is 4.42. The molecule has 1 aliphatic rings. The summed E-state index contributed by atoms with van der Waals surface area (Å²) in [5.41, 5.74) is 0.762. The van der Waals surface area contributed by atoms with E-state index in [4.69, 9.17) is 4.42 Å². The van der Waals surface area contributed by atoms with Gasteiger partial charge < -0.3 is 9.32 Å². The minimum Gasteiger partial charge on any atom is -0.431 e. The normalized spacial score (nSPS) is 22.0. The first-order chi connectivity index (χ1) is 11.9. The van der Waals surface area contributed by atoms with E-state index in [-0.39, 0.29) is 17.0 Å². The molecule has 2 aromatic rings. The van der Waals surface area contributed by atoms with Crippen molar-refractivity contribution < 1.29 is 13.6 Å². The number of carbonyl (C=O) groups excluding carboxylic acids is 1. The van der Waals surface area contributed by atoms with Gasteiger partial charge in [-0.05, 0) is 49.4 Å². The average Bonchev–Trinajstić information content (AvgIpc) is 3.02. The van der Waals surface area contributed by atoms with Crippen molar-refractivity contribution in [1.82, 2.24) is 9.88 Å². The second-order valence-electron chi connectivity index (χ2n) is 6.95. The zero-order valence-corrected chi connectivity index (χ0v) is 15.6. The minimum absolute atomic E-state index is 0.130. The van der Waals surface area contributed by atoms with E-state index >= 15 is 0 Å². The number of hydrogen-bond donors (Lipinski definition) is 0. The topological polar surface area (TPSA) is 46.3 Å². The summed E-state index contributed by atoms with van der Waals surface area (Å²) in [6.07, 6.45) is 2.78. The lowest BCUT2D eigenvalue weighted by molar-refractivity contribution is -0.132. The highest BCUT2D eigenvalue weighted by Gasteiger charge is 2.29. The van der Waals surface area contributed by atoms with Gasteiger partial charge in [-0.25, -0.2) is 9.37 Å². The predicted octanol–water partition coefficient (Wildman–Crippen LogP) is 4.47. The summed E-state index contributed by atoms with van der Waals surface area (Å²) in [7, 11) is 0. The first-order valence-electron chi connectivity index (χ1n) is 8.59. The van der Waals surface area contributed by atoms with E-state index < -0.39 is 0 Å². The van der Waals surface area contributed by atoms with E-state index in [9.17, 15) is 9.18 Å². The third-order valence-electron chi connectivity index (χ3n) is 4.42. The van der Waals surface area contributed by atoms with Gasteiger partial charge in [0.15, 0.2) is 5.76 Å². The molecule has 0 bridgehead atoms. The summed E-state index contributed by atoms with van der Waals surface area (Å²) in [6, 6.07) is 6.07. The molecular weight excluding hydrogens is 339 g/mol. The van der Waals surface area contributed by atoms with Crippen LogP contribution in [0.1, 0.15) is 27.2 Å². The van der Waals surface area contributed by atoms with Gasteiger partial charge in [-0.15, -0.1) is 0 Å². The molecule has 6 heteroatoms. The average molecular weight is 362 g/mol. The number of rotatable bonds is 4. The summed E-state index contributed by atoms with van der Waals surface area (Å²) >= 11 is 1.32. The summed E-state index contributed by atoms with van der Waals surface area (Å²) in [5, 5.41) is 0.204. The Bertz CT molecular complexity index is 721. The van der Waals surface area contributed by atoms with Crippen molar-refractivity contribution >= 4 is 17.7 Å². The monoisotopic (exact) mass is 362 g/mol. The van der Waals surface area contributed by atoms with Gasteiger partial charge in [-0.1, -0.05) is 25.6 Å². The number of oxazole rings is 1. The van der Waals surface area contributed by atoms with Crippen LogP contribution >= 0.6 is 11.8 Å². The molecule has 134 valence electrons. The number of nitrogens with zero attached hydrogens (tertiary/aromatic N) is 2. The van der Waals surface area contributed by atoms with E-state index in [1.807, 2.05) is 11.8 Å². The first kappa shape index (κ1) is 18.0. The number of thioether (sulfide) groups is 1. The van der Waals surface area contributed by atoms with E-state index in [1.54, 1.807) is 18.3 Å². The highest BCUT2D eigenvalue weighted by atomic mass is 32.2. The molecular formula is C19H23FN2O2S. The number of likely N-dealkylation sites (tertiary alicyclic amines) is 1. The highest BCUT2D eigenvalue weighted by Crippen LogP contribution is 2.30. The molecule has 1 amide bonds. The lowest BCUT2D eigenvalue weighted by Gasteiger charge is -2.36. The standard InChI is InChI=1S/C19H23FN2O2S/c1-12-8-13(2)11-22(10-12)18(23)14(3)25-19-21-9-17(24-19)15-4-6-16(20)7-5-15/h4-7,9,12-14H,8,10-11H2,1-3H3. The number of piperidine rings is 1. The molecule has 4 nitrogen and oxygen atoms in total. The maximum Gasteiger partial charge on any atom is 0.256 e. The Balaban J connectivity index is 1.64. The Morgan fingerprint density at radius 1 is 1.28 bits per heavy atom. The first-order valence-corrected chi connectivity index (χ1v) is 9.47. The Morgan fingerprint density at radius 3 is 2.56 bits per heavy atom. The van der Waals surface area contributed by atoms with Crippen molar-refractivity contribution in [2.75, 3.05) is 13.1 Å². The SMILES string of the molecule is CC1CC(C)CN(C(=O)C(C)Sc2ncc(-c3ccc(F)cc3)o2)C1. The molecule has 2 heterocycles. The summed E-state index contributed by atoms with van der Waals surface area (Å²) < 4.78 is 18.7. The summed E-state index contributed by atoms with van der Waals surface area (Å²) in [5.74, 6) is 1.49. The van der Waals surface area contributed by atoms with Gasteiger partial charge in [0.1, 0.15) is 5.82 Å². The molecule has 1 aromatic carbocycles. The van der Waals surface area contributed by atoms with Gasteiger partial charge in [0.05, 0.1) is 11.4 Å². The molecule has 0 spiro atoms. The molecule has 1 aliphatic heterocycles. The fourth-order valence-corrected chi connectivity index (χ4v) is 4.17. The predicted molar refractivity (Wildman–Crippen MR) is 96.7 cm³/mol. The molecule has 25 heavy (non-hydrogen) atoms. The van der Waals surface area contributed by atoms with Crippen molar-refractivity contribution in [3.8, 4) is 11.3 Å². The van der Waals surface area contributed by atoms with Crippen molar-refractivity contribution in [2.24, 2.45) is 11.8 Å². The van der Waals surface area contributed by atoms with Crippen molar-refractivity contribution in [2.45, 2.75) is 37.7 Å². The minimum atomic E-state index is -0.290. The van der Waals surface area contributed by atoms with Gasteiger partial charge in [-0.2, -0.15) is 0 Å². The quantitative estimate of drug-likeness (QED) is 0.753. The number of halogens is 1. The lowest BCUT2D eigenvalue weighted by Crippen LogP contribution is -2.45. The molecule has 1 fully saturated rings. The Kier molecular flexibility index (Phi) is 5.47. The van der Waals surface area contributed by atoms with Crippen molar-refractivity contribution in [3.05, 3.63) is 36.3 Å². The molecule has 0 aliphatic carbocycles. The van der Waals surface area contributed by atoms with Crippen LogP contribution in [0.4, 0.5) is 4.39 Å². The van der Waals surface area contributed by atoms with Crippen LogP contribution in [-0.4, -0.2) is 34.1 Å². The molecule has 3 rings (SSSR count). The van der Waals surface area contributed by atoms with Gasteiger partial charge in [0.25, 0.3) is 5.22 Å². The number of carbonyl (C=O) groups is 1. The van der Waals surface area contributed by atoms with Crippen LogP contribution in [0, 0.1) is 17.7 Å². The number of hydrogen-bond acceptors (Lipinski definition) is 4. The zero-order valence-electron chi connectivity index (χ0n) is 14.7. The number of aromatic nitrogens is 1. The maximum atomic E-state index is 13.0. The highest BCUT2D eigenvalue weighted by molar-refractivity contribution is 8.00. The van der Waals surface area contributed by atoms with Crippen LogP contribution in [0.3, 0.4) is 0 Å². The van der Waals surface area contributed by atoms with E-state index in [0.717, 1.165) is 18.7 Å². The Morgan fingerprint density at radius 2 is 1.92 bits per heavy atom. The lowest BCUT2D eigenvalue weighted by atomic mass is 9.92. The van der Waals surface area contributed by atoms with E-state index in [2.05, 4.69) is 18.8 Å². The van der Waals surface area contributed by atoms with Gasteiger partial charge in [0, 0.05) is 18.7 Å². The summed E-state index contributed by atoms with van der Waals surface area (Å²) in [4.78, 5) is 18.9. The fourth-order valence-electron chi connectivity index (χ4n) is 3.36. The van der Waals surface area contributed by atoms with E-state index in [0.29, 0.717) is 22.8 Å². The van der Waals surface area contributed by atoms with Crippen molar-refractivity contribution in [1.29, 1.82) is 0 Å². The molecule has 3 unspecified atom stereocenters. The smallest absolute Gasteiger partial charge is 0.256 e. The maximum absolute atomic E-state index is 13.0. The van der Waals surface area contributed by atoms with Gasteiger partial charge in [0.2, 0.25) is 5.91 Å². The number of benzene rings is 1. The van der Waals surface area contributed by atoms with Crippen LogP contribution in [0.2, 0.25) is 0 Å². The zero-order chi connectivity index (χ0) is 18.0. The molecule has 0 saturated carbocycles. The third-order valence-corrected chi connectivity index (χ3v) is 5.36. The summed E-state index contributed by atoms with van der Waals surface area (Å²) in [6.45, 7) is 7.91. The van der Waals surface area contributed by atoms with Crippen LogP contribution in [0.15, 0.2) is 40.1 Å². The number of amides is 1. The van der Waals surface area contributed by atoms with Crippen LogP contribution in [0.5, 0.6) is 0 Å². The van der Waals surface area contributed by atoms with E-state index in [1.165, 1.54) is 30.3 Å². The van der Waals surface area contributed by atoms with Crippen LogP contribution in [0.25, 0.3) is 11.3 Å². The van der Waals surface area contributed by atoms with Gasteiger partial charge in [-0.3, -0.25) is 4.79 Å². The molecule has 1 saturated heterocycles. The molecule has 3 atom stereocenters. The molecule has 0 N–H and O–H groups in total. The second kappa shape index (κ2) is 7.60. The molecule has 0 radical (unpaired) electrons. The Labute approximate surface area is 151 Å². The second-order valence-corrected chi connectivity index (χ2v) is 8.24. The molecule has 1 aromatic heterocycles. The Hall–Kier alpha value is -1.82. The van der Waals surface area contributed by atoms with Crippen LogP contribution in [-0.2, 0) is 4.79 Å².